The summed E-state index contributed by atoms with van der Waals surface area (Å²) in [5.41, 5.74) is 2.96. The van der Waals surface area contributed by atoms with Gasteiger partial charge in [0, 0.05) is 18.3 Å². The number of nitrogens with zero attached hydrogens (tertiary/aromatic N) is 4. The molecule has 0 bridgehead atoms. The predicted molar refractivity (Wildman–Crippen MR) is 126 cm³/mol. The minimum Gasteiger partial charge on any atom is -0.340 e. The third-order valence-electron chi connectivity index (χ3n) is 5.40. The monoisotopic (exact) mass is 454 g/mol. The molecule has 0 aliphatic carbocycles. The first-order chi connectivity index (χ1) is 16.5. The summed E-state index contributed by atoms with van der Waals surface area (Å²) in [6.07, 6.45) is 4.33. The standard InChI is InChI=1S/C25H19FN6O2/c1-15-4-2-5-17(10-15)32-9-3-6-18(25(32)34)21(33)12-16-7-8-20(19(26)11-16)31-24-22-23(28-13-27-22)29-14-30-24/h2-11,13-14H,12H2,1H3,(H2,27,28,29,30,31). The van der Waals surface area contributed by atoms with Crippen LogP contribution in [0.2, 0.25) is 0 Å². The van der Waals surface area contributed by atoms with E-state index in [9.17, 15) is 14.0 Å². The molecule has 0 saturated heterocycles. The number of halogens is 1. The van der Waals surface area contributed by atoms with Crippen LogP contribution in [0.5, 0.6) is 0 Å². The topological polar surface area (TPSA) is 106 Å². The van der Waals surface area contributed by atoms with E-state index in [-0.39, 0.29) is 23.5 Å². The van der Waals surface area contributed by atoms with Crippen LogP contribution in [0.25, 0.3) is 16.9 Å². The number of anilines is 2. The van der Waals surface area contributed by atoms with Crippen molar-refractivity contribution in [3.63, 3.8) is 0 Å². The SMILES string of the molecule is Cc1cccc(-n2cccc(C(=O)Cc3ccc(Nc4ncnc5nc[nH]c45)c(F)c3)c2=O)c1. The zero-order chi connectivity index (χ0) is 23.7. The van der Waals surface area contributed by atoms with E-state index in [1.165, 1.54) is 35.4 Å². The fourth-order valence-electron chi connectivity index (χ4n) is 3.73. The number of rotatable bonds is 6. The van der Waals surface area contributed by atoms with Gasteiger partial charge < -0.3 is 10.3 Å². The van der Waals surface area contributed by atoms with Crippen molar-refractivity contribution in [3.8, 4) is 5.69 Å². The Morgan fingerprint density at radius 3 is 2.79 bits per heavy atom. The third kappa shape index (κ3) is 4.06. The van der Waals surface area contributed by atoms with E-state index in [1.807, 2.05) is 25.1 Å². The number of carbonyl (C=O) groups excluding carboxylic acids is 1. The van der Waals surface area contributed by atoms with Crippen molar-refractivity contribution in [1.29, 1.82) is 0 Å². The van der Waals surface area contributed by atoms with Gasteiger partial charge in [-0.1, -0.05) is 18.2 Å². The van der Waals surface area contributed by atoms with Crippen molar-refractivity contribution in [1.82, 2.24) is 24.5 Å². The number of carbonyl (C=O) groups is 1. The van der Waals surface area contributed by atoms with Crippen molar-refractivity contribution in [2.75, 3.05) is 5.32 Å². The molecule has 5 rings (SSSR count). The van der Waals surface area contributed by atoms with E-state index in [0.717, 1.165) is 5.56 Å². The molecule has 2 aromatic carbocycles. The van der Waals surface area contributed by atoms with E-state index in [0.29, 0.717) is 28.2 Å². The summed E-state index contributed by atoms with van der Waals surface area (Å²) in [5.74, 6) is -0.560. The molecule has 0 spiro atoms. The molecule has 0 aliphatic heterocycles. The number of Topliss-reactive ketones (excluding diaryl/α,β-unsaturated/α-hetero) is 1. The Morgan fingerprint density at radius 1 is 1.09 bits per heavy atom. The maximum atomic E-state index is 14.8. The number of hydrogen-bond acceptors (Lipinski definition) is 6. The fraction of sp³-hybridized carbons (Fsp3) is 0.0800. The molecule has 5 aromatic rings. The third-order valence-corrected chi connectivity index (χ3v) is 5.40. The van der Waals surface area contributed by atoms with Gasteiger partial charge in [0.05, 0.1) is 17.6 Å². The largest absolute Gasteiger partial charge is 0.340 e. The molecule has 3 aromatic heterocycles. The number of imidazole rings is 1. The first-order valence-corrected chi connectivity index (χ1v) is 10.5. The molecule has 2 N–H and O–H groups in total. The van der Waals surface area contributed by atoms with Crippen molar-refractivity contribution in [3.05, 3.63) is 106 Å². The highest BCUT2D eigenvalue weighted by molar-refractivity contribution is 5.97. The summed E-state index contributed by atoms with van der Waals surface area (Å²) in [6.45, 7) is 1.93. The molecular weight excluding hydrogens is 435 g/mol. The average molecular weight is 454 g/mol. The van der Waals surface area contributed by atoms with Crippen LogP contribution < -0.4 is 10.9 Å². The van der Waals surface area contributed by atoms with Gasteiger partial charge in [-0.25, -0.2) is 19.3 Å². The molecule has 0 atom stereocenters. The van der Waals surface area contributed by atoms with Crippen molar-refractivity contribution in [2.45, 2.75) is 13.3 Å². The van der Waals surface area contributed by atoms with Gasteiger partial charge in [0.25, 0.3) is 5.56 Å². The molecule has 0 aliphatic rings. The Morgan fingerprint density at radius 2 is 1.97 bits per heavy atom. The van der Waals surface area contributed by atoms with E-state index >= 15 is 0 Å². The van der Waals surface area contributed by atoms with Gasteiger partial charge in [-0.15, -0.1) is 0 Å². The van der Waals surface area contributed by atoms with Crippen molar-refractivity contribution in [2.24, 2.45) is 0 Å². The fourth-order valence-corrected chi connectivity index (χ4v) is 3.73. The minimum absolute atomic E-state index is 0.0502. The number of H-pyrrole nitrogens is 1. The van der Waals surface area contributed by atoms with Gasteiger partial charge in [-0.05, 0) is 54.4 Å². The number of pyridine rings is 1. The number of nitrogens with one attached hydrogen (secondary N) is 2. The van der Waals surface area contributed by atoms with E-state index < -0.39 is 11.4 Å². The van der Waals surface area contributed by atoms with Crippen LogP contribution >= 0.6 is 0 Å². The second-order valence-corrected chi connectivity index (χ2v) is 7.80. The molecule has 0 unspecified atom stereocenters. The number of ketones is 1. The lowest BCUT2D eigenvalue weighted by Crippen LogP contribution is -2.25. The first-order valence-electron chi connectivity index (χ1n) is 10.5. The predicted octanol–water partition coefficient (Wildman–Crippen LogP) is 4.12. The molecule has 0 saturated carbocycles. The zero-order valence-corrected chi connectivity index (χ0v) is 18.1. The van der Waals surface area contributed by atoms with E-state index in [4.69, 9.17) is 0 Å². The lowest BCUT2D eigenvalue weighted by atomic mass is 10.0. The average Bonchev–Trinajstić information content (AvgIpc) is 3.31. The van der Waals surface area contributed by atoms with Gasteiger partial charge in [-0.3, -0.25) is 14.2 Å². The Labute approximate surface area is 193 Å². The van der Waals surface area contributed by atoms with Crippen molar-refractivity contribution >= 4 is 28.5 Å². The highest BCUT2D eigenvalue weighted by Crippen LogP contribution is 2.23. The number of aromatic nitrogens is 5. The van der Waals surface area contributed by atoms with Crippen LogP contribution in [-0.4, -0.2) is 30.3 Å². The van der Waals surface area contributed by atoms with Crippen LogP contribution in [-0.2, 0) is 6.42 Å². The van der Waals surface area contributed by atoms with Gasteiger partial charge in [0.2, 0.25) is 0 Å². The van der Waals surface area contributed by atoms with Crippen LogP contribution in [0, 0.1) is 12.7 Å². The number of aryl methyl sites for hydroxylation is 1. The molecule has 0 amide bonds. The Hall–Kier alpha value is -4.66. The molecule has 0 radical (unpaired) electrons. The number of fused-ring (bicyclic) bond motifs is 1. The maximum absolute atomic E-state index is 14.8. The Bertz CT molecular complexity index is 1590. The Kier molecular flexibility index (Phi) is 5.43. The highest BCUT2D eigenvalue weighted by atomic mass is 19.1. The van der Waals surface area contributed by atoms with Crippen LogP contribution in [0.1, 0.15) is 21.5 Å². The normalized spacial score (nSPS) is 11.0. The summed E-state index contributed by atoms with van der Waals surface area (Å²) in [4.78, 5) is 41.0. The highest BCUT2D eigenvalue weighted by Gasteiger charge is 2.15. The second kappa shape index (κ2) is 8.70. The van der Waals surface area contributed by atoms with Gasteiger partial charge in [0.1, 0.15) is 17.7 Å². The van der Waals surface area contributed by atoms with Crippen LogP contribution in [0.15, 0.2) is 78.2 Å². The summed E-state index contributed by atoms with van der Waals surface area (Å²) in [5, 5.41) is 2.92. The number of benzene rings is 2. The quantitative estimate of drug-likeness (QED) is 0.374. The molecule has 3 heterocycles. The molecular formula is C25H19FN6O2. The van der Waals surface area contributed by atoms with Gasteiger partial charge >= 0.3 is 0 Å². The number of hydrogen-bond donors (Lipinski definition) is 2. The maximum Gasteiger partial charge on any atom is 0.265 e. The molecule has 34 heavy (non-hydrogen) atoms. The smallest absolute Gasteiger partial charge is 0.265 e. The molecule has 8 nitrogen and oxygen atoms in total. The first kappa shape index (κ1) is 21.2. The summed E-state index contributed by atoms with van der Waals surface area (Å²) in [7, 11) is 0. The summed E-state index contributed by atoms with van der Waals surface area (Å²) >= 11 is 0. The van der Waals surface area contributed by atoms with Gasteiger partial charge in [-0.2, -0.15) is 0 Å². The molecule has 9 heteroatoms. The molecule has 0 fully saturated rings. The lowest BCUT2D eigenvalue weighted by Gasteiger charge is -2.10. The summed E-state index contributed by atoms with van der Waals surface area (Å²) in [6, 6.07) is 15.0. The van der Waals surface area contributed by atoms with E-state index in [2.05, 4.69) is 25.3 Å². The Balaban J connectivity index is 1.37. The van der Waals surface area contributed by atoms with Crippen molar-refractivity contribution < 1.29 is 9.18 Å². The van der Waals surface area contributed by atoms with E-state index in [1.54, 1.807) is 24.4 Å². The summed E-state index contributed by atoms with van der Waals surface area (Å²) < 4.78 is 16.2. The molecule has 168 valence electrons. The number of aromatic amines is 1. The van der Waals surface area contributed by atoms with Crippen LogP contribution in [0.4, 0.5) is 15.9 Å². The lowest BCUT2D eigenvalue weighted by molar-refractivity contribution is 0.0991. The minimum atomic E-state index is -0.554. The van der Waals surface area contributed by atoms with Crippen LogP contribution in [0.3, 0.4) is 0 Å². The van der Waals surface area contributed by atoms with Gasteiger partial charge in [0.15, 0.2) is 17.2 Å². The zero-order valence-electron chi connectivity index (χ0n) is 18.1. The second-order valence-electron chi connectivity index (χ2n) is 7.80.